The number of nitrogens with one attached hydrogen (secondary N) is 1. The van der Waals surface area contributed by atoms with E-state index < -0.39 is 28.2 Å². The molecule has 10 heteroatoms. The topological polar surface area (TPSA) is 82.6 Å². The Balaban J connectivity index is 1.39. The SMILES string of the molecule is O=C(CNS(=O)(=O)c1cccc2cnccc12)N1CCN(c2cc(F)ccc2F)CC1. The van der Waals surface area contributed by atoms with Crippen molar-refractivity contribution in [2.75, 3.05) is 37.6 Å². The second kappa shape index (κ2) is 8.56. The highest BCUT2D eigenvalue weighted by Crippen LogP contribution is 2.23. The van der Waals surface area contributed by atoms with Crippen molar-refractivity contribution in [3.05, 3.63) is 66.5 Å². The Morgan fingerprint density at radius 3 is 2.61 bits per heavy atom. The number of piperazine rings is 1. The summed E-state index contributed by atoms with van der Waals surface area (Å²) in [5.74, 6) is -1.45. The summed E-state index contributed by atoms with van der Waals surface area (Å²) in [6, 6.07) is 9.70. The van der Waals surface area contributed by atoms with Crippen LogP contribution < -0.4 is 9.62 Å². The van der Waals surface area contributed by atoms with Gasteiger partial charge in [-0.1, -0.05) is 12.1 Å². The Labute approximate surface area is 178 Å². The van der Waals surface area contributed by atoms with E-state index in [2.05, 4.69) is 9.71 Å². The van der Waals surface area contributed by atoms with Gasteiger partial charge >= 0.3 is 0 Å². The largest absolute Gasteiger partial charge is 0.366 e. The van der Waals surface area contributed by atoms with Gasteiger partial charge in [-0.3, -0.25) is 9.78 Å². The number of sulfonamides is 1. The number of carbonyl (C=O) groups excluding carboxylic acids is 1. The van der Waals surface area contributed by atoms with Crippen LogP contribution in [0.4, 0.5) is 14.5 Å². The van der Waals surface area contributed by atoms with Crippen LogP contribution >= 0.6 is 0 Å². The van der Waals surface area contributed by atoms with Crippen LogP contribution in [0.2, 0.25) is 0 Å². The molecular weight excluding hydrogens is 426 g/mol. The summed E-state index contributed by atoms with van der Waals surface area (Å²) in [6.45, 7) is 0.787. The quantitative estimate of drug-likeness (QED) is 0.650. The van der Waals surface area contributed by atoms with E-state index in [1.807, 2.05) is 0 Å². The molecule has 1 N–H and O–H groups in total. The number of aromatic nitrogens is 1. The highest BCUT2D eigenvalue weighted by atomic mass is 32.2. The number of halogens is 2. The van der Waals surface area contributed by atoms with E-state index in [0.717, 1.165) is 18.2 Å². The molecular formula is C21H20F2N4O3S. The first-order chi connectivity index (χ1) is 14.8. The number of fused-ring (bicyclic) bond motifs is 1. The Morgan fingerprint density at radius 1 is 1.06 bits per heavy atom. The normalized spacial score (nSPS) is 14.8. The number of rotatable bonds is 5. The van der Waals surface area contributed by atoms with Crippen LogP contribution in [0.5, 0.6) is 0 Å². The molecule has 0 atom stereocenters. The van der Waals surface area contributed by atoms with Gasteiger partial charge in [-0.25, -0.2) is 21.9 Å². The highest BCUT2D eigenvalue weighted by molar-refractivity contribution is 7.89. The Kier molecular flexibility index (Phi) is 5.84. The average Bonchev–Trinajstić information content (AvgIpc) is 2.79. The van der Waals surface area contributed by atoms with Crippen LogP contribution in [0.1, 0.15) is 0 Å². The van der Waals surface area contributed by atoms with E-state index in [9.17, 15) is 22.0 Å². The lowest BCUT2D eigenvalue weighted by Gasteiger charge is -2.36. The molecule has 3 aromatic rings. The second-order valence-corrected chi connectivity index (χ2v) is 8.88. The molecule has 1 saturated heterocycles. The van der Waals surface area contributed by atoms with Crippen molar-refractivity contribution in [3.63, 3.8) is 0 Å². The van der Waals surface area contributed by atoms with Crippen LogP contribution in [0.25, 0.3) is 10.8 Å². The van der Waals surface area contributed by atoms with Gasteiger partial charge in [0.1, 0.15) is 11.6 Å². The minimum Gasteiger partial charge on any atom is -0.366 e. The number of carbonyl (C=O) groups is 1. The fourth-order valence-electron chi connectivity index (χ4n) is 3.60. The van der Waals surface area contributed by atoms with Gasteiger partial charge in [-0.2, -0.15) is 0 Å². The van der Waals surface area contributed by atoms with E-state index in [4.69, 9.17) is 0 Å². The Bertz CT molecular complexity index is 1220. The lowest BCUT2D eigenvalue weighted by atomic mass is 10.2. The first-order valence-electron chi connectivity index (χ1n) is 9.65. The van der Waals surface area contributed by atoms with Crippen LogP contribution in [-0.4, -0.2) is 56.9 Å². The molecule has 0 unspecified atom stereocenters. The predicted molar refractivity (Wildman–Crippen MR) is 112 cm³/mol. The summed E-state index contributed by atoms with van der Waals surface area (Å²) >= 11 is 0. The van der Waals surface area contributed by atoms with Crippen LogP contribution in [0, 0.1) is 11.6 Å². The molecule has 0 saturated carbocycles. The summed E-state index contributed by atoms with van der Waals surface area (Å²) < 4.78 is 55.3. The van der Waals surface area contributed by atoms with Crippen molar-refractivity contribution in [2.45, 2.75) is 4.90 Å². The van der Waals surface area contributed by atoms with Gasteiger partial charge in [0, 0.05) is 55.4 Å². The fraction of sp³-hybridized carbons (Fsp3) is 0.238. The summed E-state index contributed by atoms with van der Waals surface area (Å²) in [5, 5.41) is 1.19. The van der Waals surface area contributed by atoms with Gasteiger partial charge in [0.2, 0.25) is 15.9 Å². The predicted octanol–water partition coefficient (Wildman–Crippen LogP) is 2.14. The standard InChI is InChI=1S/C21H20F2N4O3S/c22-16-4-5-18(23)19(12-16)26-8-10-27(11-9-26)21(28)14-25-31(29,30)20-3-1-2-15-13-24-7-6-17(15)20/h1-7,12-13,25H,8-11,14H2. The van der Waals surface area contributed by atoms with Crippen LogP contribution in [0.15, 0.2) is 59.8 Å². The van der Waals surface area contributed by atoms with E-state index in [0.29, 0.717) is 23.9 Å². The zero-order chi connectivity index (χ0) is 22.0. The van der Waals surface area contributed by atoms with Crippen molar-refractivity contribution in [2.24, 2.45) is 0 Å². The summed E-state index contributed by atoms with van der Waals surface area (Å²) in [4.78, 5) is 19.8. The molecule has 7 nitrogen and oxygen atoms in total. The third kappa shape index (κ3) is 4.49. The molecule has 0 aliphatic carbocycles. The molecule has 162 valence electrons. The lowest BCUT2D eigenvalue weighted by molar-refractivity contribution is -0.130. The Hall–Kier alpha value is -3.11. The highest BCUT2D eigenvalue weighted by Gasteiger charge is 2.25. The number of nitrogens with zero attached hydrogens (tertiary/aromatic N) is 3. The fourth-order valence-corrected chi connectivity index (χ4v) is 4.80. The molecule has 2 heterocycles. The lowest BCUT2D eigenvalue weighted by Crippen LogP contribution is -2.51. The summed E-state index contributed by atoms with van der Waals surface area (Å²) in [6.07, 6.45) is 3.08. The summed E-state index contributed by atoms with van der Waals surface area (Å²) in [7, 11) is -3.91. The number of hydrogen-bond acceptors (Lipinski definition) is 5. The van der Waals surface area contributed by atoms with Gasteiger partial charge < -0.3 is 9.80 Å². The smallest absolute Gasteiger partial charge is 0.241 e. The molecule has 4 rings (SSSR count). The molecule has 0 spiro atoms. The molecule has 2 aromatic carbocycles. The Morgan fingerprint density at radius 2 is 1.84 bits per heavy atom. The number of pyridine rings is 1. The molecule has 1 aliphatic rings. The van der Waals surface area contributed by atoms with Gasteiger partial charge in [-0.05, 0) is 24.3 Å². The number of hydrogen-bond donors (Lipinski definition) is 1. The first kappa shape index (κ1) is 21.1. The van der Waals surface area contributed by atoms with Gasteiger partial charge in [0.05, 0.1) is 17.1 Å². The number of benzene rings is 2. The van der Waals surface area contributed by atoms with Gasteiger partial charge in [0.25, 0.3) is 0 Å². The maximum atomic E-state index is 14.0. The van der Waals surface area contributed by atoms with Crippen molar-refractivity contribution in [3.8, 4) is 0 Å². The first-order valence-corrected chi connectivity index (χ1v) is 11.1. The molecule has 0 radical (unpaired) electrons. The maximum Gasteiger partial charge on any atom is 0.241 e. The third-order valence-corrected chi connectivity index (χ3v) is 6.68. The maximum absolute atomic E-state index is 14.0. The van der Waals surface area contributed by atoms with Gasteiger partial charge in [0.15, 0.2) is 0 Å². The van der Waals surface area contributed by atoms with Gasteiger partial charge in [-0.15, -0.1) is 0 Å². The zero-order valence-corrected chi connectivity index (χ0v) is 17.3. The molecule has 1 aromatic heterocycles. The van der Waals surface area contributed by atoms with E-state index in [1.54, 1.807) is 29.3 Å². The van der Waals surface area contributed by atoms with E-state index in [-0.39, 0.29) is 29.6 Å². The van der Waals surface area contributed by atoms with Crippen LogP contribution in [-0.2, 0) is 14.8 Å². The average molecular weight is 446 g/mol. The minimum atomic E-state index is -3.91. The van der Waals surface area contributed by atoms with Crippen molar-refractivity contribution < 1.29 is 22.0 Å². The number of anilines is 1. The monoisotopic (exact) mass is 446 g/mol. The third-order valence-electron chi connectivity index (χ3n) is 5.22. The van der Waals surface area contributed by atoms with E-state index in [1.165, 1.54) is 17.2 Å². The molecule has 1 fully saturated rings. The molecule has 1 amide bonds. The van der Waals surface area contributed by atoms with Crippen molar-refractivity contribution in [1.82, 2.24) is 14.6 Å². The molecule has 0 bridgehead atoms. The minimum absolute atomic E-state index is 0.0756. The van der Waals surface area contributed by atoms with Crippen molar-refractivity contribution in [1.29, 1.82) is 0 Å². The van der Waals surface area contributed by atoms with Crippen LogP contribution in [0.3, 0.4) is 0 Å². The molecule has 1 aliphatic heterocycles. The zero-order valence-electron chi connectivity index (χ0n) is 16.5. The van der Waals surface area contributed by atoms with E-state index >= 15 is 0 Å². The number of amides is 1. The second-order valence-electron chi connectivity index (χ2n) is 7.14. The van der Waals surface area contributed by atoms with Crippen molar-refractivity contribution >= 4 is 32.4 Å². The molecule has 31 heavy (non-hydrogen) atoms. The summed E-state index contributed by atoms with van der Waals surface area (Å²) in [5.41, 5.74) is 0.151.